The Labute approximate surface area is 106 Å². The maximum absolute atomic E-state index is 11.8. The summed E-state index contributed by atoms with van der Waals surface area (Å²) >= 11 is 0. The van der Waals surface area contributed by atoms with Crippen molar-refractivity contribution >= 4 is 15.7 Å². The highest BCUT2D eigenvalue weighted by Gasteiger charge is 2.25. The molecule has 0 radical (unpaired) electrons. The molecule has 96 valence electrons. The molecule has 0 saturated carbocycles. The molecular weight excluding hydrogens is 252 g/mol. The molecule has 0 bridgehead atoms. The third kappa shape index (κ3) is 2.96. The van der Waals surface area contributed by atoms with Crippen molar-refractivity contribution in [3.05, 3.63) is 47.4 Å². The van der Waals surface area contributed by atoms with Crippen LogP contribution in [0.5, 0.6) is 0 Å². The molecule has 6 heteroatoms. The highest BCUT2D eigenvalue weighted by molar-refractivity contribution is 7.94. The molecule has 18 heavy (non-hydrogen) atoms. The van der Waals surface area contributed by atoms with Gasteiger partial charge in [-0.25, -0.2) is 8.42 Å². The molecule has 1 aliphatic rings. The Kier molecular flexibility index (Phi) is 3.49. The number of amides is 1. The molecule has 0 spiro atoms. The Hall–Kier alpha value is -1.66. The van der Waals surface area contributed by atoms with Crippen LogP contribution in [0.25, 0.3) is 0 Å². The number of nitrogens with two attached hydrogens (primary N) is 1. The predicted molar refractivity (Wildman–Crippen MR) is 68.2 cm³/mol. The van der Waals surface area contributed by atoms with Gasteiger partial charge in [0.05, 0.1) is 11.8 Å². The zero-order valence-corrected chi connectivity index (χ0v) is 10.4. The number of hydrogen-bond acceptors (Lipinski definition) is 4. The van der Waals surface area contributed by atoms with Crippen LogP contribution in [0.3, 0.4) is 0 Å². The second-order valence-electron chi connectivity index (χ2n) is 4.16. The van der Waals surface area contributed by atoms with Crippen LogP contribution < -0.4 is 11.1 Å². The van der Waals surface area contributed by atoms with Crippen LogP contribution in [0.4, 0.5) is 0 Å². The number of benzene rings is 1. The molecular formula is C12H14N2O3S. The van der Waals surface area contributed by atoms with Crippen LogP contribution in [0.15, 0.2) is 41.8 Å². The summed E-state index contributed by atoms with van der Waals surface area (Å²) < 4.78 is 22.4. The maximum atomic E-state index is 11.8. The molecule has 0 saturated heterocycles. The summed E-state index contributed by atoms with van der Waals surface area (Å²) in [6.07, 6.45) is 1.46. The summed E-state index contributed by atoms with van der Waals surface area (Å²) in [5.41, 5.74) is 6.49. The topological polar surface area (TPSA) is 89.3 Å². The Balaban J connectivity index is 1.99. The Morgan fingerprint density at radius 3 is 2.56 bits per heavy atom. The van der Waals surface area contributed by atoms with Gasteiger partial charge in [-0.3, -0.25) is 4.79 Å². The van der Waals surface area contributed by atoms with E-state index in [1.165, 1.54) is 6.08 Å². The lowest BCUT2D eigenvalue weighted by molar-refractivity contribution is -0.122. The summed E-state index contributed by atoms with van der Waals surface area (Å²) in [5, 5.41) is 3.72. The van der Waals surface area contributed by atoms with E-state index >= 15 is 0 Å². The van der Waals surface area contributed by atoms with Crippen molar-refractivity contribution < 1.29 is 13.2 Å². The van der Waals surface area contributed by atoms with E-state index in [0.29, 0.717) is 5.56 Å². The van der Waals surface area contributed by atoms with Gasteiger partial charge in [-0.15, -0.1) is 0 Å². The Bertz CT molecular complexity index is 566. The summed E-state index contributed by atoms with van der Waals surface area (Å²) in [6.45, 7) is 0. The van der Waals surface area contributed by atoms with E-state index in [-0.39, 0.29) is 11.7 Å². The van der Waals surface area contributed by atoms with Gasteiger partial charge in [0.25, 0.3) is 0 Å². The van der Waals surface area contributed by atoms with Crippen molar-refractivity contribution in [2.24, 2.45) is 5.73 Å². The van der Waals surface area contributed by atoms with Crippen molar-refractivity contribution in [3.8, 4) is 0 Å². The van der Waals surface area contributed by atoms with Gasteiger partial charge in [0.1, 0.15) is 6.04 Å². The minimum absolute atomic E-state index is 0.0970. The number of sulfone groups is 1. The number of nitrogens with one attached hydrogen (secondary N) is 1. The molecule has 2 unspecified atom stereocenters. The van der Waals surface area contributed by atoms with Crippen molar-refractivity contribution in [1.29, 1.82) is 0 Å². The number of hydrogen-bond donors (Lipinski definition) is 2. The minimum Gasteiger partial charge on any atom is -0.347 e. The lowest BCUT2D eigenvalue weighted by Crippen LogP contribution is -2.41. The molecule has 1 aromatic rings. The summed E-state index contributed by atoms with van der Waals surface area (Å²) in [6, 6.07) is 7.66. The second-order valence-corrected chi connectivity index (χ2v) is 6.09. The maximum Gasteiger partial charge on any atom is 0.242 e. The van der Waals surface area contributed by atoms with E-state index in [1.54, 1.807) is 24.3 Å². The van der Waals surface area contributed by atoms with Crippen molar-refractivity contribution in [2.45, 2.75) is 12.1 Å². The molecule has 2 rings (SSSR count). The first-order chi connectivity index (χ1) is 8.48. The monoisotopic (exact) mass is 266 g/mol. The predicted octanol–water partition coefficient (Wildman–Crippen LogP) is 0.113. The van der Waals surface area contributed by atoms with Gasteiger partial charge in [0.2, 0.25) is 5.91 Å². The van der Waals surface area contributed by atoms with Crippen LogP contribution in [-0.4, -0.2) is 26.1 Å². The summed E-state index contributed by atoms with van der Waals surface area (Å²) in [4.78, 5) is 11.8. The van der Waals surface area contributed by atoms with Crippen molar-refractivity contribution in [3.63, 3.8) is 0 Å². The average molecular weight is 266 g/mol. The van der Waals surface area contributed by atoms with E-state index in [0.717, 1.165) is 5.41 Å². The summed E-state index contributed by atoms with van der Waals surface area (Å²) in [7, 11) is -3.17. The molecule has 5 nitrogen and oxygen atoms in total. The van der Waals surface area contributed by atoms with E-state index in [4.69, 9.17) is 5.73 Å². The van der Waals surface area contributed by atoms with E-state index in [9.17, 15) is 13.2 Å². The first kappa shape index (κ1) is 12.8. The zero-order chi connectivity index (χ0) is 13.2. The SMILES string of the molecule is NC(C(=O)NC1C=CS(=O)(=O)C1)c1ccccc1. The van der Waals surface area contributed by atoms with Gasteiger partial charge < -0.3 is 11.1 Å². The first-order valence-corrected chi connectivity index (χ1v) is 7.21. The minimum atomic E-state index is -3.17. The standard InChI is InChI=1S/C12H14N2O3S/c13-11(9-4-2-1-3-5-9)12(15)14-10-6-7-18(16,17)8-10/h1-7,10-11H,8,13H2,(H,14,15). The lowest BCUT2D eigenvalue weighted by atomic mass is 10.1. The molecule has 2 atom stereocenters. The third-order valence-electron chi connectivity index (χ3n) is 2.70. The van der Waals surface area contributed by atoms with Crippen LogP contribution in [0.1, 0.15) is 11.6 Å². The highest BCUT2D eigenvalue weighted by atomic mass is 32.2. The smallest absolute Gasteiger partial charge is 0.242 e. The Morgan fingerprint density at radius 2 is 2.00 bits per heavy atom. The quantitative estimate of drug-likeness (QED) is 0.813. The van der Waals surface area contributed by atoms with Gasteiger partial charge >= 0.3 is 0 Å². The van der Waals surface area contributed by atoms with E-state index in [1.807, 2.05) is 6.07 Å². The second kappa shape index (κ2) is 4.91. The molecule has 3 N–H and O–H groups in total. The summed E-state index contributed by atoms with van der Waals surface area (Å²) in [5.74, 6) is -0.479. The average Bonchev–Trinajstić information content (AvgIpc) is 2.68. The lowest BCUT2D eigenvalue weighted by Gasteiger charge is -2.15. The largest absolute Gasteiger partial charge is 0.347 e. The van der Waals surface area contributed by atoms with Crippen molar-refractivity contribution in [1.82, 2.24) is 5.32 Å². The number of carbonyl (C=O) groups is 1. The number of carbonyl (C=O) groups excluding carboxylic acids is 1. The van der Waals surface area contributed by atoms with Crippen molar-refractivity contribution in [2.75, 3.05) is 5.75 Å². The third-order valence-corrected chi connectivity index (χ3v) is 4.09. The van der Waals surface area contributed by atoms with Gasteiger partial charge in [-0.1, -0.05) is 30.3 Å². The van der Waals surface area contributed by atoms with Gasteiger partial charge in [-0.05, 0) is 11.6 Å². The first-order valence-electron chi connectivity index (χ1n) is 5.50. The molecule has 0 aliphatic carbocycles. The van der Waals surface area contributed by atoms with Crippen LogP contribution in [0.2, 0.25) is 0 Å². The van der Waals surface area contributed by atoms with Gasteiger partial charge in [0, 0.05) is 5.41 Å². The molecule has 1 aromatic carbocycles. The fraction of sp³-hybridized carbons (Fsp3) is 0.250. The van der Waals surface area contributed by atoms with Gasteiger partial charge in [0.15, 0.2) is 9.84 Å². The fourth-order valence-electron chi connectivity index (χ4n) is 1.75. The van der Waals surface area contributed by atoms with Crippen LogP contribution in [-0.2, 0) is 14.6 Å². The van der Waals surface area contributed by atoms with Crippen LogP contribution >= 0.6 is 0 Å². The normalized spacial score (nSPS) is 22.6. The molecule has 1 aliphatic heterocycles. The van der Waals surface area contributed by atoms with Crippen LogP contribution in [0, 0.1) is 0 Å². The molecule has 0 aromatic heterocycles. The number of rotatable bonds is 3. The Morgan fingerprint density at radius 1 is 1.33 bits per heavy atom. The molecule has 1 amide bonds. The van der Waals surface area contributed by atoms with Gasteiger partial charge in [-0.2, -0.15) is 0 Å². The zero-order valence-electron chi connectivity index (χ0n) is 9.61. The van der Waals surface area contributed by atoms with E-state index < -0.39 is 21.9 Å². The molecule has 1 heterocycles. The molecule has 0 fully saturated rings. The fourth-order valence-corrected chi connectivity index (χ4v) is 2.99. The van der Waals surface area contributed by atoms with E-state index in [2.05, 4.69) is 5.32 Å². The highest BCUT2D eigenvalue weighted by Crippen LogP contribution is 2.12.